The smallest absolute Gasteiger partial charge is 0.408 e. The van der Waals surface area contributed by atoms with E-state index in [9.17, 15) is 23.1 Å². The van der Waals surface area contributed by atoms with Gasteiger partial charge in [0.25, 0.3) is 0 Å². The molecule has 0 bridgehead atoms. The third-order valence-corrected chi connectivity index (χ3v) is 9.74. The van der Waals surface area contributed by atoms with Crippen molar-refractivity contribution in [2.24, 2.45) is 5.92 Å². The molecule has 4 N–H and O–H groups in total. The third-order valence-electron chi connectivity index (χ3n) is 7.76. The van der Waals surface area contributed by atoms with Gasteiger partial charge in [-0.3, -0.25) is 10.1 Å². The molecule has 1 heterocycles. The fourth-order valence-electron chi connectivity index (χ4n) is 5.15. The van der Waals surface area contributed by atoms with Crippen molar-refractivity contribution in [3.8, 4) is 11.5 Å². The van der Waals surface area contributed by atoms with Crippen LogP contribution >= 0.6 is 0 Å². The lowest BCUT2D eigenvalue weighted by Gasteiger charge is -2.39. The Hall–Kier alpha value is -4.13. The summed E-state index contributed by atoms with van der Waals surface area (Å²) in [5.74, 6) is -0.549. The topological polar surface area (TPSA) is 152 Å². The van der Waals surface area contributed by atoms with E-state index in [1.807, 2.05) is 81.4 Å². The molecule has 0 radical (unpaired) electrons. The van der Waals surface area contributed by atoms with Crippen LogP contribution in [0, 0.1) is 5.92 Å². The summed E-state index contributed by atoms with van der Waals surface area (Å²) in [5.41, 5.74) is -1.12. The van der Waals surface area contributed by atoms with E-state index in [-0.39, 0.29) is 30.8 Å². The van der Waals surface area contributed by atoms with Gasteiger partial charge in [-0.05, 0) is 42.5 Å². The van der Waals surface area contributed by atoms with Gasteiger partial charge in [0.2, 0.25) is 12.7 Å². The predicted molar refractivity (Wildman–Crippen MR) is 173 cm³/mol. The number of amides is 2. The number of benzene rings is 3. The Morgan fingerprint density at radius 1 is 0.957 bits per heavy atom. The van der Waals surface area contributed by atoms with Crippen LogP contribution in [0.3, 0.4) is 0 Å². The van der Waals surface area contributed by atoms with Crippen LogP contribution in [0.5, 0.6) is 11.5 Å². The van der Waals surface area contributed by atoms with Crippen molar-refractivity contribution in [2.75, 3.05) is 19.1 Å². The minimum atomic E-state index is -3.93. The second-order valence-electron chi connectivity index (χ2n) is 12.1. The van der Waals surface area contributed by atoms with E-state index in [2.05, 4.69) is 16.0 Å². The van der Waals surface area contributed by atoms with E-state index in [4.69, 9.17) is 14.2 Å². The molecule has 0 spiro atoms. The van der Waals surface area contributed by atoms with E-state index >= 15 is 0 Å². The number of ether oxygens (including phenoxy) is 3. The highest BCUT2D eigenvalue weighted by atomic mass is 32.2. The van der Waals surface area contributed by atoms with E-state index in [0.29, 0.717) is 24.3 Å². The zero-order valence-electron chi connectivity index (χ0n) is 26.6. The molecule has 2 amide bonds. The molecule has 0 aromatic heterocycles. The number of alkyl carbamates (subject to hydrolysis) is 1. The molecule has 4 rings (SSSR count). The Kier molecular flexibility index (Phi) is 11.3. The number of carbonyl (C=O) groups is 2. The van der Waals surface area contributed by atoms with Crippen molar-refractivity contribution in [1.82, 2.24) is 16.0 Å². The molecule has 11 nitrogen and oxygen atoms in total. The maximum atomic E-state index is 13.8. The van der Waals surface area contributed by atoms with E-state index in [1.54, 1.807) is 0 Å². The lowest BCUT2D eigenvalue weighted by Crippen LogP contribution is -2.66. The SMILES string of the molecule is CCC(Cc1ccccc1)(NC[C@@](C)(O)CS(=O)(=O)c1ccc2c(c1)OCO2)NC(=O)[C@@H](NC(=O)OCc1ccccc1)C(C)C. The number of fused-ring (bicyclic) bond motifs is 1. The summed E-state index contributed by atoms with van der Waals surface area (Å²) in [7, 11) is -3.93. The molecule has 3 atom stereocenters. The van der Waals surface area contributed by atoms with E-state index < -0.39 is 44.9 Å². The maximum absolute atomic E-state index is 13.8. The fourth-order valence-corrected chi connectivity index (χ4v) is 6.80. The van der Waals surface area contributed by atoms with Gasteiger partial charge in [-0.15, -0.1) is 0 Å². The maximum Gasteiger partial charge on any atom is 0.408 e. The molecule has 46 heavy (non-hydrogen) atoms. The average Bonchev–Trinajstić information content (AvgIpc) is 3.50. The first-order chi connectivity index (χ1) is 21.8. The summed E-state index contributed by atoms with van der Waals surface area (Å²) >= 11 is 0. The van der Waals surface area contributed by atoms with Gasteiger partial charge in [0.1, 0.15) is 12.6 Å². The van der Waals surface area contributed by atoms with Crippen molar-refractivity contribution in [3.05, 3.63) is 90.0 Å². The average molecular weight is 654 g/mol. The number of sulfone groups is 1. The second-order valence-corrected chi connectivity index (χ2v) is 14.1. The van der Waals surface area contributed by atoms with Gasteiger partial charge >= 0.3 is 6.09 Å². The van der Waals surface area contributed by atoms with Gasteiger partial charge in [0.05, 0.1) is 21.9 Å². The molecule has 0 saturated heterocycles. The molecule has 3 aromatic carbocycles. The number of hydrogen-bond donors (Lipinski definition) is 4. The van der Waals surface area contributed by atoms with Gasteiger partial charge in [0, 0.05) is 19.0 Å². The van der Waals surface area contributed by atoms with Crippen LogP contribution in [0.15, 0.2) is 83.8 Å². The molecule has 0 saturated carbocycles. The van der Waals surface area contributed by atoms with Gasteiger partial charge in [-0.2, -0.15) is 0 Å². The Morgan fingerprint density at radius 2 is 1.59 bits per heavy atom. The van der Waals surface area contributed by atoms with Crippen LogP contribution < -0.4 is 25.4 Å². The molecule has 3 aromatic rings. The Labute approximate surface area is 270 Å². The first kappa shape index (κ1) is 34.7. The molecule has 12 heteroatoms. The lowest BCUT2D eigenvalue weighted by molar-refractivity contribution is -0.126. The first-order valence-electron chi connectivity index (χ1n) is 15.2. The highest BCUT2D eigenvalue weighted by molar-refractivity contribution is 7.91. The van der Waals surface area contributed by atoms with Crippen molar-refractivity contribution < 1.29 is 37.3 Å². The molecular formula is C34H43N3O8S. The van der Waals surface area contributed by atoms with Crippen LogP contribution in [0.2, 0.25) is 0 Å². The van der Waals surface area contributed by atoms with Crippen LogP contribution in [0.25, 0.3) is 0 Å². The summed E-state index contributed by atoms with van der Waals surface area (Å²) in [5, 5.41) is 20.4. The number of aliphatic hydroxyl groups is 1. The van der Waals surface area contributed by atoms with Crippen LogP contribution in [-0.2, 0) is 32.4 Å². The summed E-state index contributed by atoms with van der Waals surface area (Å²) < 4.78 is 42.6. The molecule has 1 aliphatic rings. The standard InChI is InChI=1S/C34H43N3O8S/c1-5-34(19-25-12-8-6-9-13-25,37-31(38)30(24(2)3)36-32(39)43-20-26-14-10-7-11-15-26)35-21-33(4,40)22-46(41,42)27-16-17-28-29(18-27)45-23-44-28/h6-18,24,30,35,40H,5,19-23H2,1-4H3,(H,36,39)(H,37,38)/t30-,33+,34?/m0/s1. The number of carbonyl (C=O) groups excluding carboxylic acids is 2. The summed E-state index contributed by atoms with van der Waals surface area (Å²) in [4.78, 5) is 26.5. The Balaban J connectivity index is 1.49. The fraction of sp³-hybridized carbons (Fsp3) is 0.412. The van der Waals surface area contributed by atoms with Gasteiger partial charge in [-0.1, -0.05) is 81.4 Å². The van der Waals surface area contributed by atoms with Crippen LogP contribution in [0.1, 0.15) is 45.2 Å². The van der Waals surface area contributed by atoms with Crippen molar-refractivity contribution in [1.29, 1.82) is 0 Å². The highest BCUT2D eigenvalue weighted by Gasteiger charge is 2.38. The van der Waals surface area contributed by atoms with Gasteiger partial charge in [-0.25, -0.2) is 13.2 Å². The van der Waals surface area contributed by atoms with Gasteiger partial charge in [0.15, 0.2) is 21.3 Å². The third kappa shape index (κ3) is 9.44. The normalized spacial score (nSPS) is 15.8. The summed E-state index contributed by atoms with van der Waals surface area (Å²) in [6.45, 7) is 6.82. The highest BCUT2D eigenvalue weighted by Crippen LogP contribution is 2.34. The predicted octanol–water partition coefficient (Wildman–Crippen LogP) is 3.95. The Bertz CT molecular complexity index is 1580. The van der Waals surface area contributed by atoms with Gasteiger partial charge < -0.3 is 30.0 Å². The molecule has 248 valence electrons. The van der Waals surface area contributed by atoms with E-state index in [1.165, 1.54) is 25.1 Å². The largest absolute Gasteiger partial charge is 0.454 e. The Morgan fingerprint density at radius 3 is 2.22 bits per heavy atom. The number of rotatable bonds is 15. The van der Waals surface area contributed by atoms with Crippen LogP contribution in [0.4, 0.5) is 4.79 Å². The lowest BCUT2D eigenvalue weighted by atomic mass is 9.94. The van der Waals surface area contributed by atoms with E-state index in [0.717, 1.165) is 11.1 Å². The minimum Gasteiger partial charge on any atom is -0.454 e. The van der Waals surface area contributed by atoms with Crippen molar-refractivity contribution in [3.63, 3.8) is 0 Å². The minimum absolute atomic E-state index is 0.00127. The van der Waals surface area contributed by atoms with Crippen molar-refractivity contribution in [2.45, 2.75) is 69.3 Å². The molecule has 1 aliphatic heterocycles. The summed E-state index contributed by atoms with van der Waals surface area (Å²) in [6.07, 6.45) is -0.0286. The first-order valence-corrected chi connectivity index (χ1v) is 16.9. The van der Waals surface area contributed by atoms with Crippen molar-refractivity contribution >= 4 is 21.8 Å². The monoisotopic (exact) mass is 653 g/mol. The molecular weight excluding hydrogens is 610 g/mol. The molecule has 0 aliphatic carbocycles. The number of hydrogen-bond acceptors (Lipinski definition) is 9. The zero-order chi connectivity index (χ0) is 33.4. The molecule has 1 unspecified atom stereocenters. The quantitative estimate of drug-likeness (QED) is 0.179. The van der Waals surface area contributed by atoms with Crippen LogP contribution in [-0.4, -0.2) is 61.9 Å². The zero-order valence-corrected chi connectivity index (χ0v) is 27.4. The second kappa shape index (κ2) is 15.0. The molecule has 0 fully saturated rings. The summed E-state index contributed by atoms with van der Waals surface area (Å²) in [6, 6.07) is 22.1. The number of nitrogens with one attached hydrogen (secondary N) is 3.